The van der Waals surface area contributed by atoms with E-state index in [1.165, 1.54) is 33.7 Å². The molecule has 0 spiro atoms. The highest BCUT2D eigenvalue weighted by atomic mass is 35.5. The molecule has 1 aliphatic carbocycles. The Bertz CT molecular complexity index is 791. The number of hydrogen-bond acceptors (Lipinski definition) is 5. The zero-order valence-electron chi connectivity index (χ0n) is 16.0. The Morgan fingerprint density at radius 2 is 1.71 bits per heavy atom. The van der Waals surface area contributed by atoms with E-state index in [4.69, 9.17) is 26.6 Å². The number of benzene rings is 1. The predicted octanol–water partition coefficient (Wildman–Crippen LogP) is 4.51. The number of halogens is 5. The van der Waals surface area contributed by atoms with Crippen LogP contribution >= 0.6 is 33.2 Å². The minimum absolute atomic E-state index is 0.0587. The highest BCUT2D eigenvalue weighted by Crippen LogP contribution is 2.44. The molecule has 1 amide bonds. The third-order valence-electron chi connectivity index (χ3n) is 4.31. The molecule has 3 N–H and O–H groups in total. The fourth-order valence-corrected chi connectivity index (χ4v) is 4.60. The van der Waals surface area contributed by atoms with Crippen molar-refractivity contribution in [2.75, 3.05) is 18.1 Å². The van der Waals surface area contributed by atoms with E-state index in [-0.39, 0.29) is 17.4 Å². The van der Waals surface area contributed by atoms with Crippen molar-refractivity contribution < 1.29 is 42.2 Å². The second-order valence-electron chi connectivity index (χ2n) is 6.41. The molecule has 0 atom stereocenters. The lowest BCUT2D eigenvalue weighted by Gasteiger charge is -2.40. The van der Waals surface area contributed by atoms with Crippen molar-refractivity contribution in [3.63, 3.8) is 0 Å². The Balaban J connectivity index is 0.000000592. The van der Waals surface area contributed by atoms with E-state index in [0.717, 1.165) is 6.42 Å². The molecular weight excluding hydrogens is 486 g/mol. The number of amides is 1. The number of carbonyl (C=O) groups excluding carboxylic acids is 1. The summed E-state index contributed by atoms with van der Waals surface area (Å²) in [6, 6.07) is 4.58. The molecule has 13 heteroatoms. The molecule has 174 valence electrons. The first-order valence-electron chi connectivity index (χ1n) is 8.90. The largest absolute Gasteiger partial charge is 0.490 e. The Kier molecular flexibility index (Phi) is 10.9. The van der Waals surface area contributed by atoms with Crippen molar-refractivity contribution in [2.24, 2.45) is 0 Å². The molecule has 0 radical (unpaired) electrons. The average molecular weight is 506 g/mol. The van der Waals surface area contributed by atoms with Crippen LogP contribution in [0.1, 0.15) is 31.2 Å². The number of aliphatic carboxylic acids is 2. The maximum Gasteiger partial charge on any atom is 0.490 e. The molecule has 0 saturated heterocycles. The zero-order chi connectivity index (χ0) is 23.7. The van der Waals surface area contributed by atoms with Crippen LogP contribution < -0.4 is 5.32 Å². The highest BCUT2D eigenvalue weighted by molar-refractivity contribution is 8.76. The smallest absolute Gasteiger partial charge is 0.481 e. The van der Waals surface area contributed by atoms with Gasteiger partial charge in [0.2, 0.25) is 5.91 Å². The van der Waals surface area contributed by atoms with Gasteiger partial charge in [0, 0.05) is 18.1 Å². The van der Waals surface area contributed by atoms with Gasteiger partial charge in [0.25, 0.3) is 0 Å². The number of carboxylic acid groups (broad SMARTS) is 2. The molecule has 1 fully saturated rings. The van der Waals surface area contributed by atoms with Gasteiger partial charge in [-0.1, -0.05) is 45.7 Å². The van der Waals surface area contributed by atoms with E-state index >= 15 is 0 Å². The van der Waals surface area contributed by atoms with Gasteiger partial charge in [-0.3, -0.25) is 9.59 Å². The summed E-state index contributed by atoms with van der Waals surface area (Å²) in [6.07, 6.45) is -2.59. The third-order valence-corrected chi connectivity index (χ3v) is 7.02. The minimum atomic E-state index is -5.08. The van der Waals surface area contributed by atoms with Gasteiger partial charge in [0.15, 0.2) is 0 Å². The van der Waals surface area contributed by atoms with Gasteiger partial charge in [-0.15, -0.1) is 0 Å². The topological polar surface area (TPSA) is 104 Å². The van der Waals surface area contributed by atoms with Crippen molar-refractivity contribution in [3.8, 4) is 0 Å². The predicted molar refractivity (Wildman–Crippen MR) is 111 cm³/mol. The van der Waals surface area contributed by atoms with Crippen LogP contribution in [0.15, 0.2) is 18.2 Å². The van der Waals surface area contributed by atoms with Crippen LogP contribution in [0.4, 0.5) is 17.6 Å². The summed E-state index contributed by atoms with van der Waals surface area (Å²) < 4.78 is 45.4. The molecule has 0 heterocycles. The van der Waals surface area contributed by atoms with Crippen molar-refractivity contribution in [1.82, 2.24) is 5.32 Å². The van der Waals surface area contributed by atoms with Crippen molar-refractivity contribution in [1.29, 1.82) is 0 Å². The number of alkyl halides is 3. The van der Waals surface area contributed by atoms with Crippen molar-refractivity contribution in [2.45, 2.75) is 37.3 Å². The van der Waals surface area contributed by atoms with Crippen LogP contribution in [0.5, 0.6) is 0 Å². The van der Waals surface area contributed by atoms with Gasteiger partial charge in [-0.25, -0.2) is 9.18 Å². The van der Waals surface area contributed by atoms with Crippen LogP contribution in [0.25, 0.3) is 0 Å². The van der Waals surface area contributed by atoms with Gasteiger partial charge < -0.3 is 15.5 Å². The third kappa shape index (κ3) is 8.77. The lowest BCUT2D eigenvalue weighted by Crippen LogP contribution is -2.49. The summed E-state index contributed by atoms with van der Waals surface area (Å²) in [6.45, 7) is 0.501. The van der Waals surface area contributed by atoms with Crippen LogP contribution in [0.3, 0.4) is 0 Å². The van der Waals surface area contributed by atoms with E-state index in [9.17, 15) is 27.2 Å². The summed E-state index contributed by atoms with van der Waals surface area (Å²) in [5, 5.41) is 18.6. The molecule has 6 nitrogen and oxygen atoms in total. The minimum Gasteiger partial charge on any atom is -0.481 e. The molecule has 0 aromatic heterocycles. The van der Waals surface area contributed by atoms with E-state index in [1.54, 1.807) is 6.07 Å². The van der Waals surface area contributed by atoms with Gasteiger partial charge in [-0.05, 0) is 30.5 Å². The highest BCUT2D eigenvalue weighted by Gasteiger charge is 2.45. The molecule has 1 aliphatic rings. The van der Waals surface area contributed by atoms with E-state index < -0.39 is 29.3 Å². The van der Waals surface area contributed by atoms with Gasteiger partial charge in [-0.2, -0.15) is 13.2 Å². The quantitative estimate of drug-likeness (QED) is 0.258. The molecule has 1 aromatic carbocycles. The molecule has 1 aromatic rings. The summed E-state index contributed by atoms with van der Waals surface area (Å²) in [5.41, 5.74) is 0.0312. The lowest BCUT2D eigenvalue weighted by atomic mass is 9.64. The number of carboxylic acids is 2. The number of carbonyl (C=O) groups is 3. The van der Waals surface area contributed by atoms with Crippen LogP contribution in [0, 0.1) is 5.82 Å². The maximum atomic E-state index is 13.7. The normalized spacial score (nSPS) is 14.6. The zero-order valence-corrected chi connectivity index (χ0v) is 18.4. The Morgan fingerprint density at radius 3 is 2.16 bits per heavy atom. The second-order valence-corrected chi connectivity index (χ2v) is 9.52. The van der Waals surface area contributed by atoms with Gasteiger partial charge >= 0.3 is 18.1 Å². The molecular formula is C18H20ClF4NO5S2. The number of hydrogen-bond donors (Lipinski definition) is 3. The van der Waals surface area contributed by atoms with Crippen molar-refractivity contribution >= 4 is 51.0 Å². The van der Waals surface area contributed by atoms with E-state index in [2.05, 4.69) is 5.32 Å². The van der Waals surface area contributed by atoms with Crippen molar-refractivity contribution in [3.05, 3.63) is 34.6 Å². The van der Waals surface area contributed by atoms with Crippen LogP contribution in [-0.4, -0.2) is 52.3 Å². The first-order chi connectivity index (χ1) is 14.4. The molecule has 31 heavy (non-hydrogen) atoms. The SMILES string of the molecule is O=C(O)C(F)(F)F.O=C(O)CCSSCCNC(=O)C1(c2ccc(Cl)c(F)c2)CCC1. The Morgan fingerprint density at radius 1 is 1.13 bits per heavy atom. The Hall–Kier alpha value is -1.66. The molecule has 2 rings (SSSR count). The molecule has 0 bridgehead atoms. The molecule has 0 unspecified atom stereocenters. The lowest BCUT2D eigenvalue weighted by molar-refractivity contribution is -0.192. The summed E-state index contributed by atoms with van der Waals surface area (Å²) in [5.74, 6) is -2.90. The monoisotopic (exact) mass is 505 g/mol. The van der Waals surface area contributed by atoms with Gasteiger partial charge in [0.1, 0.15) is 5.82 Å². The average Bonchev–Trinajstić information content (AvgIpc) is 2.62. The van der Waals surface area contributed by atoms with Crippen LogP contribution in [-0.2, 0) is 19.8 Å². The summed E-state index contributed by atoms with van der Waals surface area (Å²) >= 11 is 5.72. The molecule has 1 saturated carbocycles. The summed E-state index contributed by atoms with van der Waals surface area (Å²) in [4.78, 5) is 31.9. The number of nitrogens with one attached hydrogen (secondary N) is 1. The fourth-order valence-electron chi connectivity index (χ4n) is 2.59. The Labute approximate surface area is 188 Å². The summed E-state index contributed by atoms with van der Waals surface area (Å²) in [7, 11) is 3.02. The standard InChI is InChI=1S/C16H19ClFNO3S2.C2HF3O2/c17-12-3-2-11(10-13(12)18)16(5-1-6-16)15(22)19-7-9-24-23-8-4-14(20)21;3-2(4,5)1(6)7/h2-3,10H,1,4-9H2,(H,19,22)(H,20,21);(H,6,7). The second kappa shape index (κ2) is 12.4. The molecule has 0 aliphatic heterocycles. The van der Waals surface area contributed by atoms with E-state index in [0.29, 0.717) is 36.5 Å². The van der Waals surface area contributed by atoms with Gasteiger partial charge in [0.05, 0.1) is 16.9 Å². The van der Waals surface area contributed by atoms with Crippen LogP contribution in [0.2, 0.25) is 5.02 Å². The maximum absolute atomic E-state index is 13.7. The first-order valence-corrected chi connectivity index (χ1v) is 11.8. The first kappa shape index (κ1) is 27.4. The van der Waals surface area contributed by atoms with E-state index in [1.807, 2.05) is 0 Å². The fraction of sp³-hybridized carbons (Fsp3) is 0.500. The number of rotatable bonds is 9.